The minimum Gasteiger partial charge on any atom is -0.372 e. The predicted molar refractivity (Wildman–Crippen MR) is 103 cm³/mol. The van der Waals surface area contributed by atoms with Gasteiger partial charge < -0.3 is 15.5 Å². The van der Waals surface area contributed by atoms with E-state index in [1.807, 2.05) is 24.1 Å². The van der Waals surface area contributed by atoms with Gasteiger partial charge in [0.15, 0.2) is 0 Å². The Morgan fingerprint density at radius 2 is 1.93 bits per heavy atom. The van der Waals surface area contributed by atoms with Crippen LogP contribution in [0.5, 0.6) is 0 Å². The molecule has 0 aromatic carbocycles. The smallest absolute Gasteiger partial charge is 0.257 e. The lowest BCUT2D eigenvalue weighted by molar-refractivity contribution is -0.114. The number of carbonyl (C=O) groups is 2. The molecule has 140 valence electrons. The zero-order valence-electron chi connectivity index (χ0n) is 15.7. The minimum atomic E-state index is -0.181. The molecular weight excluding hydrogens is 342 g/mol. The first-order valence-corrected chi connectivity index (χ1v) is 9.12. The third kappa shape index (κ3) is 2.93. The topological polar surface area (TPSA) is 87.2 Å². The second-order valence-corrected chi connectivity index (χ2v) is 7.55. The Balaban J connectivity index is 1.66. The van der Waals surface area contributed by atoms with Gasteiger partial charge in [-0.2, -0.15) is 0 Å². The van der Waals surface area contributed by atoms with Crippen molar-refractivity contribution in [3.05, 3.63) is 36.2 Å². The van der Waals surface area contributed by atoms with Crippen LogP contribution in [0.4, 0.5) is 11.6 Å². The number of hydrogen-bond donors (Lipinski definition) is 2. The molecular formula is C20H23N5O2. The van der Waals surface area contributed by atoms with Crippen LogP contribution < -0.4 is 10.6 Å². The number of amides is 2. The standard InChI is InChI=1S/C20H23N5O2/c1-12(26)24-17-7-14(4-5-22-17)15-6-16(18(21-2)23-11-15)19(27)25(3)20-8-13(9-20)10-20/h4-7,11,13H,8-10H2,1-3H3,(H,21,23)(H,22,24,26). The molecule has 3 aliphatic rings. The fraction of sp³-hybridized carbons (Fsp3) is 0.400. The third-order valence-electron chi connectivity index (χ3n) is 5.77. The number of pyridine rings is 2. The van der Waals surface area contributed by atoms with E-state index in [1.165, 1.54) is 6.92 Å². The van der Waals surface area contributed by atoms with E-state index in [2.05, 4.69) is 20.6 Å². The highest BCUT2D eigenvalue weighted by atomic mass is 16.2. The molecule has 7 nitrogen and oxygen atoms in total. The summed E-state index contributed by atoms with van der Waals surface area (Å²) in [4.78, 5) is 34.9. The van der Waals surface area contributed by atoms with E-state index in [-0.39, 0.29) is 17.4 Å². The zero-order valence-corrected chi connectivity index (χ0v) is 15.7. The Hall–Kier alpha value is -2.96. The molecule has 5 rings (SSSR count). The van der Waals surface area contributed by atoms with Crippen molar-refractivity contribution in [2.45, 2.75) is 31.7 Å². The quantitative estimate of drug-likeness (QED) is 0.851. The Morgan fingerprint density at radius 1 is 1.19 bits per heavy atom. The van der Waals surface area contributed by atoms with Gasteiger partial charge in [-0.25, -0.2) is 9.97 Å². The average molecular weight is 365 g/mol. The highest BCUT2D eigenvalue weighted by Gasteiger charge is 2.60. The van der Waals surface area contributed by atoms with E-state index in [0.29, 0.717) is 17.2 Å². The predicted octanol–water partition coefficient (Wildman–Crippen LogP) is 2.77. The molecule has 3 fully saturated rings. The van der Waals surface area contributed by atoms with Crippen LogP contribution in [0.2, 0.25) is 0 Å². The maximum absolute atomic E-state index is 13.2. The highest BCUT2D eigenvalue weighted by molar-refractivity contribution is 6.00. The fourth-order valence-electron chi connectivity index (χ4n) is 4.08. The Bertz CT molecular complexity index is 909. The molecule has 2 heterocycles. The van der Waals surface area contributed by atoms with Crippen LogP contribution in [0.25, 0.3) is 11.1 Å². The molecule has 0 saturated heterocycles. The molecule has 0 aliphatic heterocycles. The van der Waals surface area contributed by atoms with Gasteiger partial charge in [0.2, 0.25) is 5.91 Å². The van der Waals surface area contributed by atoms with Gasteiger partial charge in [-0.15, -0.1) is 0 Å². The summed E-state index contributed by atoms with van der Waals surface area (Å²) in [6.45, 7) is 1.44. The largest absolute Gasteiger partial charge is 0.372 e. The molecule has 2 N–H and O–H groups in total. The van der Waals surface area contributed by atoms with Gasteiger partial charge >= 0.3 is 0 Å². The fourth-order valence-corrected chi connectivity index (χ4v) is 4.08. The van der Waals surface area contributed by atoms with E-state index in [4.69, 9.17) is 0 Å². The Morgan fingerprint density at radius 3 is 2.52 bits per heavy atom. The summed E-state index contributed by atoms with van der Waals surface area (Å²) in [6.07, 6.45) is 6.68. The zero-order chi connectivity index (χ0) is 19.2. The molecule has 0 spiro atoms. The van der Waals surface area contributed by atoms with Crippen molar-refractivity contribution in [2.75, 3.05) is 24.7 Å². The van der Waals surface area contributed by atoms with E-state index in [9.17, 15) is 9.59 Å². The Kier molecular flexibility index (Phi) is 4.09. The van der Waals surface area contributed by atoms with Crippen molar-refractivity contribution in [1.82, 2.24) is 14.9 Å². The van der Waals surface area contributed by atoms with Crippen molar-refractivity contribution in [3.63, 3.8) is 0 Å². The molecule has 7 heteroatoms. The summed E-state index contributed by atoms with van der Waals surface area (Å²) in [6, 6.07) is 5.47. The summed E-state index contributed by atoms with van der Waals surface area (Å²) in [5, 5.41) is 5.70. The lowest BCUT2D eigenvalue weighted by Crippen LogP contribution is -2.68. The molecule has 0 radical (unpaired) electrons. The third-order valence-corrected chi connectivity index (χ3v) is 5.77. The summed E-state index contributed by atoms with van der Waals surface area (Å²) in [5.41, 5.74) is 2.25. The van der Waals surface area contributed by atoms with Crippen LogP contribution >= 0.6 is 0 Å². The van der Waals surface area contributed by atoms with E-state index < -0.39 is 0 Å². The minimum absolute atomic E-state index is 0.0111. The van der Waals surface area contributed by atoms with Crippen molar-refractivity contribution in [1.29, 1.82) is 0 Å². The SMILES string of the molecule is CNc1ncc(-c2ccnc(NC(C)=O)c2)cc1C(=O)N(C)C12CC(C1)C2. The monoisotopic (exact) mass is 365 g/mol. The second kappa shape index (κ2) is 6.33. The van der Waals surface area contributed by atoms with Crippen molar-refractivity contribution < 1.29 is 9.59 Å². The molecule has 3 aliphatic carbocycles. The van der Waals surface area contributed by atoms with E-state index in [0.717, 1.165) is 36.3 Å². The molecule has 0 unspecified atom stereocenters. The van der Waals surface area contributed by atoms with Crippen LogP contribution in [0.3, 0.4) is 0 Å². The maximum Gasteiger partial charge on any atom is 0.257 e. The van der Waals surface area contributed by atoms with Gasteiger partial charge in [0.1, 0.15) is 11.6 Å². The first-order chi connectivity index (χ1) is 12.9. The van der Waals surface area contributed by atoms with Crippen LogP contribution in [0, 0.1) is 5.92 Å². The summed E-state index contributed by atoms with van der Waals surface area (Å²) in [5.74, 6) is 1.65. The lowest BCUT2D eigenvalue weighted by Gasteiger charge is -2.65. The molecule has 0 atom stereocenters. The number of carbonyl (C=O) groups excluding carboxylic acids is 2. The number of nitrogens with zero attached hydrogens (tertiary/aromatic N) is 3. The van der Waals surface area contributed by atoms with Crippen molar-refractivity contribution in [3.8, 4) is 11.1 Å². The molecule has 2 aromatic rings. The molecule has 3 saturated carbocycles. The van der Waals surface area contributed by atoms with Crippen LogP contribution in [-0.4, -0.2) is 46.3 Å². The van der Waals surface area contributed by atoms with Crippen LogP contribution in [-0.2, 0) is 4.79 Å². The van der Waals surface area contributed by atoms with E-state index >= 15 is 0 Å². The first kappa shape index (κ1) is 17.5. The summed E-state index contributed by atoms with van der Waals surface area (Å²) >= 11 is 0. The number of nitrogens with one attached hydrogen (secondary N) is 2. The normalized spacial score (nSPS) is 22.3. The van der Waals surface area contributed by atoms with Crippen molar-refractivity contribution in [2.24, 2.45) is 5.92 Å². The molecule has 2 amide bonds. The van der Waals surface area contributed by atoms with Crippen LogP contribution in [0.15, 0.2) is 30.6 Å². The summed E-state index contributed by atoms with van der Waals surface area (Å²) in [7, 11) is 3.66. The van der Waals surface area contributed by atoms with Crippen LogP contribution in [0.1, 0.15) is 36.5 Å². The van der Waals surface area contributed by atoms with Gasteiger partial charge in [-0.05, 0) is 48.9 Å². The number of rotatable bonds is 5. The second-order valence-electron chi connectivity index (χ2n) is 7.55. The molecule has 2 bridgehead atoms. The van der Waals surface area contributed by atoms with Gasteiger partial charge in [0.25, 0.3) is 5.91 Å². The summed E-state index contributed by atoms with van der Waals surface area (Å²) < 4.78 is 0. The first-order valence-electron chi connectivity index (χ1n) is 9.12. The number of aromatic nitrogens is 2. The molecule has 2 aromatic heterocycles. The van der Waals surface area contributed by atoms with Gasteiger partial charge in [-0.3, -0.25) is 9.59 Å². The van der Waals surface area contributed by atoms with Crippen molar-refractivity contribution >= 4 is 23.5 Å². The van der Waals surface area contributed by atoms with Gasteiger partial charge in [0, 0.05) is 44.5 Å². The number of anilines is 2. The van der Waals surface area contributed by atoms with E-state index in [1.54, 1.807) is 25.5 Å². The lowest BCUT2D eigenvalue weighted by atomic mass is 9.49. The van der Waals surface area contributed by atoms with Gasteiger partial charge in [0.05, 0.1) is 5.56 Å². The Labute approximate surface area is 158 Å². The highest BCUT2D eigenvalue weighted by Crippen LogP contribution is 2.60. The average Bonchev–Trinajstić information content (AvgIpc) is 2.57. The van der Waals surface area contributed by atoms with Gasteiger partial charge in [-0.1, -0.05) is 0 Å². The maximum atomic E-state index is 13.2. The number of hydrogen-bond acceptors (Lipinski definition) is 5. The molecule has 27 heavy (non-hydrogen) atoms.